The molecular formula is C66H108F12O28Si. The van der Waals surface area contributed by atoms with Crippen LogP contribution in [0.1, 0.15) is 166 Å². The molecule has 7 unspecified atom stereocenters. The maximum absolute atomic E-state index is 14.7. The van der Waals surface area contributed by atoms with Gasteiger partial charge in [-0.25, -0.2) is 52.7 Å². The third kappa shape index (κ3) is 33.1. The lowest BCUT2D eigenvalue weighted by Gasteiger charge is -2.40. The highest BCUT2D eigenvalue weighted by Gasteiger charge is 2.69. The number of aliphatic carboxylic acids is 2. The quantitative estimate of drug-likeness (QED) is 0.0354. The number of ether oxygens (including phenoxy) is 12. The van der Waals surface area contributed by atoms with Gasteiger partial charge in [-0.15, -0.1) is 0 Å². The van der Waals surface area contributed by atoms with E-state index in [1.165, 1.54) is 96.0 Å². The summed E-state index contributed by atoms with van der Waals surface area (Å²) in [7, 11) is 3.57. The van der Waals surface area contributed by atoms with Crippen LogP contribution in [0.25, 0.3) is 0 Å². The van der Waals surface area contributed by atoms with E-state index in [1.54, 1.807) is 41.5 Å². The molecule has 0 radical (unpaired) electrons. The summed E-state index contributed by atoms with van der Waals surface area (Å²) in [6.45, 7) is 34.6. The number of carboxylic acids is 2. The van der Waals surface area contributed by atoms with Crippen LogP contribution >= 0.6 is 0 Å². The van der Waals surface area contributed by atoms with Crippen molar-refractivity contribution < 1.29 is 187 Å². The van der Waals surface area contributed by atoms with Crippen molar-refractivity contribution in [3.8, 4) is 0 Å². The summed E-state index contributed by atoms with van der Waals surface area (Å²) in [5, 5.41) is 16.8. The Bertz CT molecular complexity index is 2960. The van der Waals surface area contributed by atoms with Crippen molar-refractivity contribution >= 4 is 91.6 Å². The van der Waals surface area contributed by atoms with Gasteiger partial charge in [-0.3, -0.25) is 67.1 Å². The predicted molar refractivity (Wildman–Crippen MR) is 354 cm³/mol. The van der Waals surface area contributed by atoms with Gasteiger partial charge < -0.3 is 67.1 Å². The summed E-state index contributed by atoms with van der Waals surface area (Å²) in [5.74, 6) is -26.3. The van der Waals surface area contributed by atoms with E-state index in [9.17, 15) is 120 Å². The second-order valence-corrected chi connectivity index (χ2v) is 35.0. The Morgan fingerprint density at radius 1 is 0.280 bits per heavy atom. The predicted octanol–water partition coefficient (Wildman–Crippen LogP) is 11.3. The number of halogens is 12. The van der Waals surface area contributed by atoms with Crippen molar-refractivity contribution in [3.05, 3.63) is 0 Å². The van der Waals surface area contributed by atoms with E-state index in [1.807, 2.05) is 0 Å². The minimum atomic E-state index is -3.67. The second-order valence-electron chi connectivity index (χ2n) is 29.8. The molecule has 0 aromatic carbocycles. The minimum Gasteiger partial charge on any atom is -0.480 e. The van der Waals surface area contributed by atoms with Gasteiger partial charge in [-0.1, -0.05) is 19.6 Å². The molecule has 28 nitrogen and oxygen atoms in total. The van der Waals surface area contributed by atoms with E-state index in [-0.39, 0.29) is 0 Å². The molecule has 7 atom stereocenters. The Labute approximate surface area is 615 Å². The zero-order valence-electron chi connectivity index (χ0n) is 66.9. The molecule has 0 amide bonds. The van der Waals surface area contributed by atoms with Crippen molar-refractivity contribution in [2.24, 2.45) is 38.4 Å². The normalized spacial score (nSPS) is 15.5. The minimum absolute atomic E-state index is 0.359. The molecule has 0 heterocycles. The first-order chi connectivity index (χ1) is 46.9. The first kappa shape index (κ1) is 112. The van der Waals surface area contributed by atoms with Gasteiger partial charge in [0.2, 0.25) is 32.5 Å². The summed E-state index contributed by atoms with van der Waals surface area (Å²) in [6.07, 6.45) is -9.66. The zero-order valence-corrected chi connectivity index (χ0v) is 67.9. The number of hydrogen-bond acceptors (Lipinski definition) is 26. The van der Waals surface area contributed by atoms with E-state index in [4.69, 9.17) is 33.9 Å². The average Bonchev–Trinajstić information content (AvgIpc) is 0.740. The largest absolute Gasteiger partial charge is 0.480 e. The van der Waals surface area contributed by atoms with Crippen LogP contribution in [0.3, 0.4) is 0 Å². The molecule has 0 rings (SSSR count). The monoisotopic (exact) mass is 1600 g/mol. The number of alkyl halides is 12. The van der Waals surface area contributed by atoms with Crippen molar-refractivity contribution in [1.82, 2.24) is 0 Å². The third-order valence-electron chi connectivity index (χ3n) is 13.7. The summed E-state index contributed by atoms with van der Waals surface area (Å²) < 4.78 is 211. The molecule has 0 saturated heterocycles. The molecule has 2 N–H and O–H groups in total. The highest BCUT2D eigenvalue weighted by molar-refractivity contribution is 6.79. The number of carbonyl (C=O) groups excluding carboxylic acids is 12. The van der Waals surface area contributed by atoms with Gasteiger partial charge in [0.1, 0.15) is 36.1 Å². The number of carboxylic acid groups (broad SMARTS) is 2. The molecule has 0 aliphatic rings. The Hall–Kier alpha value is -8.04. The van der Waals surface area contributed by atoms with Crippen LogP contribution in [-0.2, 0) is 124 Å². The van der Waals surface area contributed by atoms with Crippen LogP contribution in [-0.4, -0.2) is 216 Å². The van der Waals surface area contributed by atoms with Crippen LogP contribution in [0.15, 0.2) is 0 Å². The van der Waals surface area contributed by atoms with Gasteiger partial charge in [0.15, 0.2) is 5.92 Å². The molecular weight excluding hydrogens is 1500 g/mol. The molecule has 107 heavy (non-hydrogen) atoms. The first-order valence-electron chi connectivity index (χ1n) is 31.1. The van der Waals surface area contributed by atoms with Crippen LogP contribution in [0, 0.1) is 38.4 Å². The van der Waals surface area contributed by atoms with Crippen molar-refractivity contribution in [1.29, 1.82) is 0 Å². The molecule has 0 aliphatic carbocycles. The Morgan fingerprint density at radius 2 is 0.495 bits per heavy atom. The van der Waals surface area contributed by atoms with Crippen LogP contribution < -0.4 is 0 Å². The molecule has 41 heteroatoms. The standard InChI is InChI=1S/C13H24F2O4Si.C11H18F2O4.2C10H16F2O4.C9H16O4.C7H10F2O4.C6H8F2O4/c1-11(2,3)19-10(17)12(4,9(16)18-5)13(14,15)20(6,7)8;1-9(2,3)17-8(15)10(4,7(14)16-6)11(5,12)13;2*1-9(2,3)16-8(14)10(4,6(11)12)7(13)15-5;1-6(7(10)12-5)8(11)13-9(2,3)4;1-6(4(10)11,5(12)13-3)7(2,8)9;1-6(3(7)8,4(9)10)5(11)12-2/h1-8H3;1-6H3;2*6H,1-5H3;6H,1-5H3;1-3H3,(H,10,11);3H,1-2H3,(H,9,10). The van der Waals surface area contributed by atoms with Gasteiger partial charge in [-0.2, -0.15) is 0 Å². The first-order valence-corrected chi connectivity index (χ1v) is 34.6. The van der Waals surface area contributed by atoms with Gasteiger partial charge in [-0.05, 0) is 152 Å². The second kappa shape index (κ2) is 42.1. The van der Waals surface area contributed by atoms with E-state index in [0.717, 1.165) is 70.4 Å². The lowest BCUT2D eigenvalue weighted by atomic mass is 9.84. The molecule has 0 fully saturated rings. The molecule has 0 aromatic heterocycles. The van der Waals surface area contributed by atoms with Crippen LogP contribution in [0.2, 0.25) is 19.6 Å². The van der Waals surface area contributed by atoms with Crippen molar-refractivity contribution in [2.75, 3.05) is 49.8 Å². The Kier molecular flexibility index (Phi) is 44.1. The molecule has 0 spiro atoms. The lowest BCUT2D eigenvalue weighted by Crippen LogP contribution is -2.63. The number of methoxy groups -OCH3 is 7. The van der Waals surface area contributed by atoms with E-state index >= 15 is 0 Å². The number of carbonyl (C=O) groups is 14. The zero-order chi connectivity index (χ0) is 88.4. The molecule has 0 bridgehead atoms. The number of hydrogen-bond donors (Lipinski definition) is 2. The topological polar surface area (TPSA) is 390 Å². The molecule has 628 valence electrons. The fraction of sp³-hybridized carbons (Fsp3) is 0.788. The fourth-order valence-electron chi connectivity index (χ4n) is 6.22. The van der Waals surface area contributed by atoms with Gasteiger partial charge in [0.05, 0.1) is 49.8 Å². The van der Waals surface area contributed by atoms with Crippen LogP contribution in [0.5, 0.6) is 0 Å². The number of rotatable bonds is 21. The van der Waals surface area contributed by atoms with E-state index in [2.05, 4.69) is 33.2 Å². The average molecular weight is 1610 g/mol. The number of esters is 12. The Balaban J connectivity index is -0.000000219. The highest BCUT2D eigenvalue weighted by Crippen LogP contribution is 2.46. The SMILES string of the molecule is COC(=O)C(C)(C(=O)O)C(C)(F)F.COC(=O)C(C)(C(=O)O)C(F)F.COC(=O)C(C)(C(=O)OC(C)(C)C)C(C)(F)F.COC(=O)C(C)(C(=O)OC(C)(C)C)C(F)(F)[Si](C)(C)C.COC(=O)C(C)(C(=O)OC(C)(C)C)C(F)F.COC(=O)C(C)(C(=O)OC(C)(C)C)C(F)F.COC(=O)C(C)C(=O)OC(C)(C)C. The molecule has 0 aromatic rings. The summed E-state index contributed by atoms with van der Waals surface area (Å²) >= 11 is 0. The molecule has 0 saturated carbocycles. The van der Waals surface area contributed by atoms with Crippen molar-refractivity contribution in [2.45, 2.75) is 250 Å². The lowest BCUT2D eigenvalue weighted by molar-refractivity contribution is -0.202. The van der Waals surface area contributed by atoms with Crippen LogP contribution in [0.4, 0.5) is 52.7 Å². The van der Waals surface area contributed by atoms with E-state index < -0.39 is 195 Å². The van der Waals surface area contributed by atoms with Gasteiger partial charge in [0.25, 0.3) is 36.7 Å². The maximum Gasteiger partial charge on any atom is 0.330 e. The molecule has 0 aliphatic heterocycles. The third-order valence-corrected chi connectivity index (χ3v) is 16.1. The maximum atomic E-state index is 14.7. The summed E-state index contributed by atoms with van der Waals surface area (Å²) in [5.41, 5.74) is -23.9. The summed E-state index contributed by atoms with van der Waals surface area (Å²) in [6, 6.07) is 0. The van der Waals surface area contributed by atoms with Crippen molar-refractivity contribution in [3.63, 3.8) is 0 Å². The smallest absolute Gasteiger partial charge is 0.330 e. The van der Waals surface area contributed by atoms with E-state index in [0.29, 0.717) is 27.7 Å². The van der Waals surface area contributed by atoms with Gasteiger partial charge in [0, 0.05) is 13.8 Å². The summed E-state index contributed by atoms with van der Waals surface area (Å²) in [4.78, 5) is 157. The highest BCUT2D eigenvalue weighted by atomic mass is 28.3. The fourth-order valence-corrected chi connectivity index (χ4v) is 7.92. The van der Waals surface area contributed by atoms with Gasteiger partial charge >= 0.3 is 83.6 Å². The Morgan fingerprint density at radius 3 is 0.664 bits per heavy atom.